The van der Waals surface area contributed by atoms with Gasteiger partial charge in [0, 0.05) is 17.5 Å². The summed E-state index contributed by atoms with van der Waals surface area (Å²) in [6.45, 7) is 1.71. The van der Waals surface area contributed by atoms with Crippen molar-refractivity contribution in [3.8, 4) is 11.3 Å². The van der Waals surface area contributed by atoms with Crippen LogP contribution in [0.5, 0.6) is 0 Å². The molecule has 25 heavy (non-hydrogen) atoms. The number of aromatic nitrogens is 1. The number of aliphatic imine (C=N–C) groups is 1. The molecule has 2 atom stereocenters. The molecule has 1 fully saturated rings. The molecule has 132 valence electrons. The maximum absolute atomic E-state index is 13.1. The fourth-order valence-corrected chi connectivity index (χ4v) is 3.74. The van der Waals surface area contributed by atoms with Gasteiger partial charge in [-0.15, -0.1) is 11.3 Å². The number of primary amides is 1. The van der Waals surface area contributed by atoms with Crippen LogP contribution >= 0.6 is 11.3 Å². The Morgan fingerprint density at radius 3 is 2.76 bits per heavy atom. The third-order valence-corrected chi connectivity index (χ3v) is 5.00. The molecular formula is C17H20FN5OS. The second-order valence-electron chi connectivity index (χ2n) is 5.97. The van der Waals surface area contributed by atoms with E-state index in [2.05, 4.69) is 15.3 Å². The van der Waals surface area contributed by atoms with E-state index in [0.717, 1.165) is 31.5 Å². The van der Waals surface area contributed by atoms with E-state index in [4.69, 9.17) is 11.5 Å². The standard InChI is InChI=1S/C17H20FN5OS/c18-11-5-3-10(4-6-11)13-9-25-17(23-13)14(16(20)24)15(19)22-12-2-1-7-21-8-12/h3-6,9,12,14,21H,1-2,7-8H2,(H2,19,22)(H2,20,24). The summed E-state index contributed by atoms with van der Waals surface area (Å²) in [5, 5.41) is 5.55. The van der Waals surface area contributed by atoms with Crippen LogP contribution in [0.15, 0.2) is 34.6 Å². The van der Waals surface area contributed by atoms with E-state index in [1.165, 1.54) is 23.5 Å². The first-order valence-corrected chi connectivity index (χ1v) is 8.97. The van der Waals surface area contributed by atoms with Crippen molar-refractivity contribution in [2.45, 2.75) is 24.8 Å². The highest BCUT2D eigenvalue weighted by molar-refractivity contribution is 7.10. The Hall–Kier alpha value is -2.32. The van der Waals surface area contributed by atoms with E-state index in [1.807, 2.05) is 0 Å². The van der Waals surface area contributed by atoms with E-state index in [9.17, 15) is 9.18 Å². The van der Waals surface area contributed by atoms with Crippen molar-refractivity contribution in [2.75, 3.05) is 13.1 Å². The molecule has 0 bridgehead atoms. The molecule has 0 spiro atoms. The van der Waals surface area contributed by atoms with E-state index in [0.29, 0.717) is 10.7 Å². The molecule has 2 unspecified atom stereocenters. The maximum Gasteiger partial charge on any atom is 0.235 e. The SMILES string of the molecule is NC(=O)C(C(N)=NC1CCCNC1)c1nc(-c2ccc(F)cc2)cs1. The third-order valence-electron chi connectivity index (χ3n) is 4.09. The highest BCUT2D eigenvalue weighted by Gasteiger charge is 2.27. The summed E-state index contributed by atoms with van der Waals surface area (Å²) in [5.74, 6) is -1.54. The number of amidine groups is 1. The number of benzene rings is 1. The summed E-state index contributed by atoms with van der Waals surface area (Å²) < 4.78 is 13.1. The second-order valence-corrected chi connectivity index (χ2v) is 6.86. The zero-order valence-electron chi connectivity index (χ0n) is 13.6. The lowest BCUT2D eigenvalue weighted by molar-refractivity contribution is -0.118. The zero-order chi connectivity index (χ0) is 17.8. The molecule has 1 aromatic heterocycles. The maximum atomic E-state index is 13.1. The summed E-state index contributed by atoms with van der Waals surface area (Å²) in [4.78, 5) is 20.9. The molecule has 1 aliphatic heterocycles. The number of nitrogens with one attached hydrogen (secondary N) is 1. The van der Waals surface area contributed by atoms with Gasteiger partial charge < -0.3 is 16.8 Å². The van der Waals surface area contributed by atoms with Crippen LogP contribution in [0, 0.1) is 5.82 Å². The van der Waals surface area contributed by atoms with Gasteiger partial charge in [-0.25, -0.2) is 9.37 Å². The van der Waals surface area contributed by atoms with Gasteiger partial charge in [-0.05, 0) is 43.7 Å². The van der Waals surface area contributed by atoms with E-state index >= 15 is 0 Å². The molecule has 1 amide bonds. The van der Waals surface area contributed by atoms with Gasteiger partial charge in [0.2, 0.25) is 5.91 Å². The van der Waals surface area contributed by atoms with Crippen LogP contribution < -0.4 is 16.8 Å². The molecule has 2 heterocycles. The fourth-order valence-electron chi connectivity index (χ4n) is 2.80. The first-order valence-electron chi connectivity index (χ1n) is 8.09. The van der Waals surface area contributed by atoms with Gasteiger partial charge in [0.1, 0.15) is 22.6 Å². The van der Waals surface area contributed by atoms with Crippen LogP contribution in [-0.2, 0) is 4.79 Å². The Morgan fingerprint density at radius 2 is 2.12 bits per heavy atom. The van der Waals surface area contributed by atoms with E-state index in [1.54, 1.807) is 17.5 Å². The molecule has 1 saturated heterocycles. The smallest absolute Gasteiger partial charge is 0.235 e. The van der Waals surface area contributed by atoms with Crippen molar-refractivity contribution >= 4 is 23.1 Å². The minimum absolute atomic E-state index is 0.0483. The van der Waals surface area contributed by atoms with Crippen molar-refractivity contribution in [1.29, 1.82) is 0 Å². The number of hydrogen-bond donors (Lipinski definition) is 3. The molecule has 0 aliphatic carbocycles. The summed E-state index contributed by atoms with van der Waals surface area (Å²) in [6, 6.07) is 6.06. The number of carbonyl (C=O) groups excluding carboxylic acids is 1. The summed E-state index contributed by atoms with van der Waals surface area (Å²) >= 11 is 1.29. The van der Waals surface area contributed by atoms with Gasteiger partial charge in [0.05, 0.1) is 11.7 Å². The number of nitrogens with zero attached hydrogens (tertiary/aromatic N) is 2. The molecule has 5 N–H and O–H groups in total. The monoisotopic (exact) mass is 361 g/mol. The molecule has 0 saturated carbocycles. The van der Waals surface area contributed by atoms with Crippen molar-refractivity contribution in [2.24, 2.45) is 16.5 Å². The molecule has 1 aromatic carbocycles. The first-order chi connectivity index (χ1) is 12.0. The lowest BCUT2D eigenvalue weighted by atomic mass is 10.1. The van der Waals surface area contributed by atoms with Crippen molar-refractivity contribution in [1.82, 2.24) is 10.3 Å². The predicted octanol–water partition coefficient (Wildman–Crippen LogP) is 1.63. The van der Waals surface area contributed by atoms with Gasteiger partial charge >= 0.3 is 0 Å². The van der Waals surface area contributed by atoms with E-state index < -0.39 is 11.8 Å². The van der Waals surface area contributed by atoms with Gasteiger partial charge in [-0.2, -0.15) is 0 Å². The quantitative estimate of drug-likeness (QED) is 0.556. The molecular weight excluding hydrogens is 341 g/mol. The van der Waals surface area contributed by atoms with Crippen LogP contribution in [0.25, 0.3) is 11.3 Å². The Morgan fingerprint density at radius 1 is 1.36 bits per heavy atom. The highest BCUT2D eigenvalue weighted by Crippen LogP contribution is 2.27. The van der Waals surface area contributed by atoms with Gasteiger partial charge in [0.25, 0.3) is 0 Å². The topological polar surface area (TPSA) is 106 Å². The number of carbonyl (C=O) groups is 1. The minimum Gasteiger partial charge on any atom is -0.386 e. The number of hydrogen-bond acceptors (Lipinski definition) is 5. The molecule has 2 aromatic rings. The number of thiazole rings is 1. The lowest BCUT2D eigenvalue weighted by Crippen LogP contribution is -2.38. The number of nitrogens with two attached hydrogens (primary N) is 2. The van der Waals surface area contributed by atoms with Crippen LogP contribution in [-0.4, -0.2) is 35.9 Å². The Labute approximate surface area is 149 Å². The summed E-state index contributed by atoms with van der Waals surface area (Å²) in [5.41, 5.74) is 13.0. The van der Waals surface area contributed by atoms with E-state index in [-0.39, 0.29) is 17.7 Å². The zero-order valence-corrected chi connectivity index (χ0v) is 14.4. The summed E-state index contributed by atoms with van der Waals surface area (Å²) in [7, 11) is 0. The second kappa shape index (κ2) is 7.71. The lowest BCUT2D eigenvalue weighted by Gasteiger charge is -2.21. The Balaban J connectivity index is 1.84. The van der Waals surface area contributed by atoms with Gasteiger partial charge in [-0.1, -0.05) is 0 Å². The van der Waals surface area contributed by atoms with Crippen LogP contribution in [0.3, 0.4) is 0 Å². The Kier molecular flexibility index (Phi) is 5.40. The van der Waals surface area contributed by atoms with Gasteiger partial charge in [0.15, 0.2) is 0 Å². The Bertz CT molecular complexity index is 768. The molecule has 8 heteroatoms. The molecule has 3 rings (SSSR count). The molecule has 6 nitrogen and oxygen atoms in total. The fraction of sp³-hybridized carbons (Fsp3) is 0.353. The van der Waals surface area contributed by atoms with Gasteiger partial charge in [-0.3, -0.25) is 9.79 Å². The third kappa shape index (κ3) is 4.21. The highest BCUT2D eigenvalue weighted by atomic mass is 32.1. The van der Waals surface area contributed by atoms with Crippen molar-refractivity contribution in [3.63, 3.8) is 0 Å². The molecule has 1 aliphatic rings. The number of rotatable bonds is 5. The number of halogens is 1. The number of piperidine rings is 1. The average Bonchev–Trinajstić information content (AvgIpc) is 3.05. The van der Waals surface area contributed by atoms with Crippen LogP contribution in [0.1, 0.15) is 23.8 Å². The van der Waals surface area contributed by atoms with Crippen LogP contribution in [0.2, 0.25) is 0 Å². The average molecular weight is 361 g/mol. The van der Waals surface area contributed by atoms with Crippen molar-refractivity contribution in [3.05, 3.63) is 40.5 Å². The minimum atomic E-state index is -0.846. The summed E-state index contributed by atoms with van der Waals surface area (Å²) in [6.07, 6.45) is 1.95. The largest absolute Gasteiger partial charge is 0.386 e. The van der Waals surface area contributed by atoms with Crippen LogP contribution in [0.4, 0.5) is 4.39 Å². The first kappa shape index (κ1) is 17.5. The normalized spacial score (nSPS) is 19.6. The number of amides is 1. The molecule has 0 radical (unpaired) electrons. The van der Waals surface area contributed by atoms with Crippen molar-refractivity contribution < 1.29 is 9.18 Å². The predicted molar refractivity (Wildman–Crippen MR) is 97.0 cm³/mol.